The van der Waals surface area contributed by atoms with Gasteiger partial charge in [-0.3, -0.25) is 4.90 Å². The standard InChI is InChI=1S/C13H17NO3/c1-5-8-14(10-11-7-6-9-16-11)12(15)17-13(2,3)4/h1,6-7,9H,8,10H2,2-4H3. The summed E-state index contributed by atoms with van der Waals surface area (Å²) in [5, 5.41) is 0. The first-order valence-corrected chi connectivity index (χ1v) is 5.36. The summed E-state index contributed by atoms with van der Waals surface area (Å²) in [4.78, 5) is 13.3. The van der Waals surface area contributed by atoms with E-state index in [1.165, 1.54) is 4.90 Å². The van der Waals surface area contributed by atoms with Gasteiger partial charge < -0.3 is 9.15 Å². The number of hydrogen-bond donors (Lipinski definition) is 0. The van der Waals surface area contributed by atoms with Crippen molar-refractivity contribution in [1.29, 1.82) is 0 Å². The van der Waals surface area contributed by atoms with Crippen LogP contribution in [-0.4, -0.2) is 23.1 Å². The third-order valence-corrected chi connectivity index (χ3v) is 1.86. The Labute approximate surface area is 102 Å². The number of hydrogen-bond acceptors (Lipinski definition) is 3. The van der Waals surface area contributed by atoms with E-state index in [0.29, 0.717) is 12.3 Å². The van der Waals surface area contributed by atoms with E-state index in [4.69, 9.17) is 15.6 Å². The van der Waals surface area contributed by atoms with Crippen LogP contribution in [0.1, 0.15) is 26.5 Å². The monoisotopic (exact) mass is 235 g/mol. The van der Waals surface area contributed by atoms with E-state index in [1.807, 2.05) is 20.8 Å². The van der Waals surface area contributed by atoms with Crippen LogP contribution in [0.25, 0.3) is 0 Å². The van der Waals surface area contributed by atoms with Crippen molar-refractivity contribution in [3.63, 3.8) is 0 Å². The summed E-state index contributed by atoms with van der Waals surface area (Å²) in [6, 6.07) is 3.55. The second-order valence-corrected chi connectivity index (χ2v) is 4.62. The summed E-state index contributed by atoms with van der Waals surface area (Å²) in [6.45, 7) is 5.94. The van der Waals surface area contributed by atoms with Crippen LogP contribution >= 0.6 is 0 Å². The molecule has 0 atom stereocenters. The minimum atomic E-state index is -0.535. The molecule has 1 aromatic heterocycles. The van der Waals surface area contributed by atoms with Gasteiger partial charge in [0.1, 0.15) is 11.4 Å². The maximum absolute atomic E-state index is 11.8. The van der Waals surface area contributed by atoms with Crippen molar-refractivity contribution in [2.24, 2.45) is 0 Å². The molecule has 0 saturated heterocycles. The Hall–Kier alpha value is -1.89. The first-order chi connectivity index (χ1) is 7.92. The van der Waals surface area contributed by atoms with E-state index >= 15 is 0 Å². The largest absolute Gasteiger partial charge is 0.467 e. The number of amides is 1. The summed E-state index contributed by atoms with van der Waals surface area (Å²) in [5.41, 5.74) is -0.535. The first kappa shape index (κ1) is 13.2. The maximum atomic E-state index is 11.8. The van der Waals surface area contributed by atoms with E-state index in [9.17, 15) is 4.79 Å². The van der Waals surface area contributed by atoms with Crippen LogP contribution in [0.4, 0.5) is 4.79 Å². The fourth-order valence-corrected chi connectivity index (χ4v) is 1.21. The van der Waals surface area contributed by atoms with Crippen molar-refractivity contribution >= 4 is 6.09 Å². The summed E-state index contributed by atoms with van der Waals surface area (Å²) in [5.74, 6) is 3.10. The number of carbonyl (C=O) groups is 1. The fraction of sp³-hybridized carbons (Fsp3) is 0.462. The molecule has 0 N–H and O–H groups in total. The minimum Gasteiger partial charge on any atom is -0.467 e. The molecule has 1 aromatic rings. The van der Waals surface area contributed by atoms with Crippen molar-refractivity contribution in [3.05, 3.63) is 24.2 Å². The van der Waals surface area contributed by atoms with E-state index in [-0.39, 0.29) is 6.54 Å². The van der Waals surface area contributed by atoms with E-state index < -0.39 is 11.7 Å². The molecule has 0 unspecified atom stereocenters. The Bertz CT molecular complexity index is 395. The fourth-order valence-electron chi connectivity index (χ4n) is 1.21. The molecule has 0 spiro atoms. The van der Waals surface area contributed by atoms with Crippen molar-refractivity contribution < 1.29 is 13.9 Å². The zero-order valence-corrected chi connectivity index (χ0v) is 10.4. The summed E-state index contributed by atoms with van der Waals surface area (Å²) >= 11 is 0. The molecule has 0 aromatic carbocycles. The van der Waals surface area contributed by atoms with Gasteiger partial charge in [-0.2, -0.15) is 0 Å². The SMILES string of the molecule is C#CCN(Cc1ccco1)C(=O)OC(C)(C)C. The quantitative estimate of drug-likeness (QED) is 0.756. The number of nitrogens with zero attached hydrogens (tertiary/aromatic N) is 1. The highest BCUT2D eigenvalue weighted by Gasteiger charge is 2.22. The number of furan rings is 1. The van der Waals surface area contributed by atoms with E-state index in [2.05, 4.69) is 5.92 Å². The van der Waals surface area contributed by atoms with Gasteiger partial charge in [-0.1, -0.05) is 5.92 Å². The molecule has 0 fully saturated rings. The van der Waals surface area contributed by atoms with Gasteiger partial charge in [0.2, 0.25) is 0 Å². The lowest BCUT2D eigenvalue weighted by Gasteiger charge is -2.25. The van der Waals surface area contributed by atoms with Crippen LogP contribution in [0.2, 0.25) is 0 Å². The molecule has 4 nitrogen and oxygen atoms in total. The van der Waals surface area contributed by atoms with Crippen LogP contribution < -0.4 is 0 Å². The number of rotatable bonds is 3. The summed E-state index contributed by atoms with van der Waals surface area (Å²) in [6.07, 6.45) is 6.35. The van der Waals surface area contributed by atoms with E-state index in [1.54, 1.807) is 18.4 Å². The normalized spacial score (nSPS) is 10.7. The average Bonchev–Trinajstić information content (AvgIpc) is 2.67. The summed E-state index contributed by atoms with van der Waals surface area (Å²) < 4.78 is 10.4. The maximum Gasteiger partial charge on any atom is 0.411 e. The van der Waals surface area contributed by atoms with E-state index in [0.717, 1.165) is 0 Å². The Morgan fingerprint density at radius 2 is 2.29 bits per heavy atom. The van der Waals surface area contributed by atoms with Crippen LogP contribution in [0.3, 0.4) is 0 Å². The van der Waals surface area contributed by atoms with Crippen LogP contribution in [0.15, 0.2) is 22.8 Å². The van der Waals surface area contributed by atoms with Crippen molar-refractivity contribution in [1.82, 2.24) is 4.90 Å². The Balaban J connectivity index is 2.66. The highest BCUT2D eigenvalue weighted by Crippen LogP contribution is 2.12. The molecular formula is C13H17NO3. The Morgan fingerprint density at radius 1 is 1.59 bits per heavy atom. The van der Waals surface area contributed by atoms with Gasteiger partial charge in [0.25, 0.3) is 0 Å². The third-order valence-electron chi connectivity index (χ3n) is 1.86. The molecule has 0 aliphatic heterocycles. The smallest absolute Gasteiger partial charge is 0.411 e. The third kappa shape index (κ3) is 4.64. The molecule has 0 aliphatic carbocycles. The van der Waals surface area contributed by atoms with Gasteiger partial charge in [0, 0.05) is 0 Å². The van der Waals surface area contributed by atoms with Gasteiger partial charge in [-0.15, -0.1) is 6.42 Å². The molecule has 4 heteroatoms. The summed E-state index contributed by atoms with van der Waals surface area (Å²) in [7, 11) is 0. The second kappa shape index (κ2) is 5.44. The van der Waals surface area contributed by atoms with Crippen LogP contribution in [0.5, 0.6) is 0 Å². The van der Waals surface area contributed by atoms with Crippen molar-refractivity contribution in [2.45, 2.75) is 32.9 Å². The van der Waals surface area contributed by atoms with Crippen LogP contribution in [-0.2, 0) is 11.3 Å². The lowest BCUT2D eigenvalue weighted by atomic mass is 10.2. The second-order valence-electron chi connectivity index (χ2n) is 4.62. The average molecular weight is 235 g/mol. The van der Waals surface area contributed by atoms with Gasteiger partial charge in [0.15, 0.2) is 0 Å². The molecule has 92 valence electrons. The predicted molar refractivity (Wildman–Crippen MR) is 64.2 cm³/mol. The number of ether oxygens (including phenoxy) is 1. The molecule has 1 rings (SSSR count). The predicted octanol–water partition coefficient (Wildman–Crippen LogP) is 2.65. The highest BCUT2D eigenvalue weighted by molar-refractivity contribution is 5.68. The molecule has 0 bridgehead atoms. The zero-order chi connectivity index (χ0) is 12.9. The molecule has 0 radical (unpaired) electrons. The van der Waals surface area contributed by atoms with Gasteiger partial charge in [-0.05, 0) is 32.9 Å². The lowest BCUT2D eigenvalue weighted by molar-refractivity contribution is 0.0249. The Morgan fingerprint density at radius 3 is 2.76 bits per heavy atom. The topological polar surface area (TPSA) is 42.7 Å². The number of terminal acetylenes is 1. The van der Waals surface area contributed by atoms with Gasteiger partial charge >= 0.3 is 6.09 Å². The Kier molecular flexibility index (Phi) is 4.22. The zero-order valence-electron chi connectivity index (χ0n) is 10.4. The molecule has 0 saturated carbocycles. The molecule has 1 amide bonds. The number of carbonyl (C=O) groups excluding carboxylic acids is 1. The molecular weight excluding hydrogens is 218 g/mol. The minimum absolute atomic E-state index is 0.190. The van der Waals surface area contributed by atoms with Gasteiger partial charge in [0.05, 0.1) is 19.4 Å². The van der Waals surface area contributed by atoms with Gasteiger partial charge in [-0.25, -0.2) is 4.79 Å². The van der Waals surface area contributed by atoms with Crippen molar-refractivity contribution in [3.8, 4) is 12.3 Å². The lowest BCUT2D eigenvalue weighted by Crippen LogP contribution is -2.36. The highest BCUT2D eigenvalue weighted by atomic mass is 16.6. The molecule has 1 heterocycles. The van der Waals surface area contributed by atoms with Crippen LogP contribution in [0, 0.1) is 12.3 Å². The first-order valence-electron chi connectivity index (χ1n) is 5.36. The molecule has 17 heavy (non-hydrogen) atoms. The molecule has 0 aliphatic rings. The van der Waals surface area contributed by atoms with Crippen molar-refractivity contribution in [2.75, 3.05) is 6.54 Å².